The zero-order valence-corrected chi connectivity index (χ0v) is 17.3. The minimum absolute atomic E-state index is 0.343. The largest absolute Gasteiger partial charge is 0.480 e. The standard InChI is InChI=1S/C22H21N3O4S/c1-22(2)17(21(28)29)25-19(27)15(20(25)30-22)16(26)18-23-13-10-6-7-11-14(13)24(18)12-8-4-3-5-9-12/h3-11,15-17,20,26H,1-2H3,(H,28,29)/t15-,16+,17+,20-/m1/s1. The van der Waals surface area contributed by atoms with Crippen LogP contribution in [0.2, 0.25) is 0 Å². The molecule has 7 nitrogen and oxygen atoms in total. The van der Waals surface area contributed by atoms with Crippen molar-refractivity contribution < 1.29 is 19.8 Å². The lowest BCUT2D eigenvalue weighted by atomic mass is 9.87. The van der Waals surface area contributed by atoms with E-state index in [-0.39, 0.29) is 5.91 Å². The normalized spacial score (nSPS) is 25.8. The van der Waals surface area contributed by atoms with Crippen LogP contribution >= 0.6 is 11.8 Å². The maximum absolute atomic E-state index is 13.0. The third-order valence-electron chi connectivity index (χ3n) is 5.92. The van der Waals surface area contributed by atoms with Gasteiger partial charge >= 0.3 is 5.97 Å². The molecule has 0 unspecified atom stereocenters. The number of hydrogen-bond donors (Lipinski definition) is 2. The number of aliphatic carboxylic acids is 1. The minimum Gasteiger partial charge on any atom is -0.480 e. The summed E-state index contributed by atoms with van der Waals surface area (Å²) in [7, 11) is 0. The molecular formula is C22H21N3O4S. The molecule has 154 valence electrons. The summed E-state index contributed by atoms with van der Waals surface area (Å²) in [6, 6.07) is 16.2. The number of benzene rings is 2. The summed E-state index contributed by atoms with van der Waals surface area (Å²) < 4.78 is 1.23. The van der Waals surface area contributed by atoms with Gasteiger partial charge in [-0.25, -0.2) is 9.78 Å². The first kappa shape index (κ1) is 19.1. The predicted molar refractivity (Wildman–Crippen MR) is 113 cm³/mol. The number of carbonyl (C=O) groups is 2. The highest BCUT2D eigenvalue weighted by atomic mass is 32.2. The molecule has 2 saturated heterocycles. The van der Waals surface area contributed by atoms with Gasteiger partial charge in [0.05, 0.1) is 16.4 Å². The summed E-state index contributed by atoms with van der Waals surface area (Å²) in [6.07, 6.45) is -1.15. The molecule has 1 amide bonds. The average Bonchev–Trinajstić information content (AvgIpc) is 3.22. The van der Waals surface area contributed by atoms with Crippen molar-refractivity contribution in [2.45, 2.75) is 36.1 Å². The highest BCUT2D eigenvalue weighted by molar-refractivity contribution is 8.01. The lowest BCUT2D eigenvalue weighted by Gasteiger charge is -2.45. The molecule has 2 N–H and O–H groups in total. The average molecular weight is 423 g/mol. The summed E-state index contributed by atoms with van der Waals surface area (Å²) in [4.78, 5) is 30.8. The van der Waals surface area contributed by atoms with E-state index in [1.807, 2.05) is 73.0 Å². The summed E-state index contributed by atoms with van der Waals surface area (Å²) >= 11 is 1.42. The number of carboxylic acids is 1. The number of amides is 1. The van der Waals surface area contributed by atoms with E-state index < -0.39 is 34.2 Å². The van der Waals surface area contributed by atoms with Gasteiger partial charge in [-0.05, 0) is 38.1 Å². The van der Waals surface area contributed by atoms with Crippen LogP contribution in [-0.4, -0.2) is 52.7 Å². The Morgan fingerprint density at radius 2 is 1.80 bits per heavy atom. The van der Waals surface area contributed by atoms with Crippen molar-refractivity contribution in [1.29, 1.82) is 0 Å². The van der Waals surface area contributed by atoms with E-state index in [9.17, 15) is 19.8 Å². The summed E-state index contributed by atoms with van der Waals surface area (Å²) in [6.45, 7) is 3.65. The summed E-state index contributed by atoms with van der Waals surface area (Å²) in [5.74, 6) is -1.71. The molecule has 2 aliphatic heterocycles. The number of rotatable bonds is 4. The first-order valence-electron chi connectivity index (χ1n) is 9.75. The molecule has 2 aromatic carbocycles. The van der Waals surface area contributed by atoms with E-state index in [1.165, 1.54) is 16.7 Å². The maximum atomic E-state index is 13.0. The molecule has 0 aliphatic carbocycles. The van der Waals surface area contributed by atoms with Crippen LogP contribution in [0.4, 0.5) is 0 Å². The Kier molecular flexibility index (Phi) is 4.20. The van der Waals surface area contributed by atoms with Crippen LogP contribution in [0, 0.1) is 5.92 Å². The number of carbonyl (C=O) groups excluding carboxylic acids is 1. The van der Waals surface area contributed by atoms with Gasteiger partial charge in [0.1, 0.15) is 23.9 Å². The molecule has 3 aromatic rings. The SMILES string of the molecule is CC1(C)S[C@@H]2[C@H]([C@H](O)c3nc4ccccc4n3-c3ccccc3)C(=O)N2[C@H]1C(=O)O. The Morgan fingerprint density at radius 1 is 1.13 bits per heavy atom. The van der Waals surface area contributed by atoms with Gasteiger partial charge in [-0.3, -0.25) is 9.36 Å². The van der Waals surface area contributed by atoms with E-state index in [2.05, 4.69) is 4.98 Å². The number of aliphatic hydroxyl groups is 1. The molecule has 30 heavy (non-hydrogen) atoms. The van der Waals surface area contributed by atoms with E-state index >= 15 is 0 Å². The van der Waals surface area contributed by atoms with E-state index in [0.717, 1.165) is 16.7 Å². The van der Waals surface area contributed by atoms with E-state index in [4.69, 9.17) is 0 Å². The zero-order chi connectivity index (χ0) is 21.2. The number of aromatic nitrogens is 2. The molecule has 1 aromatic heterocycles. The van der Waals surface area contributed by atoms with Crippen LogP contribution in [0.25, 0.3) is 16.7 Å². The fraction of sp³-hybridized carbons (Fsp3) is 0.318. The van der Waals surface area contributed by atoms with E-state index in [1.54, 1.807) is 0 Å². The number of carboxylic acid groups (broad SMARTS) is 1. The number of β-lactam (4-membered cyclic amide) rings is 1. The van der Waals surface area contributed by atoms with Gasteiger partial charge in [-0.2, -0.15) is 0 Å². The van der Waals surface area contributed by atoms with Crippen molar-refractivity contribution in [2.24, 2.45) is 5.92 Å². The van der Waals surface area contributed by atoms with Crippen molar-refractivity contribution in [2.75, 3.05) is 0 Å². The summed E-state index contributed by atoms with van der Waals surface area (Å²) in [5, 5.41) is 20.5. The Labute approximate surface area is 177 Å². The van der Waals surface area contributed by atoms with Crippen LogP contribution in [-0.2, 0) is 9.59 Å². The monoisotopic (exact) mass is 423 g/mol. The van der Waals surface area contributed by atoms with Crippen molar-refractivity contribution in [3.8, 4) is 5.69 Å². The fourth-order valence-electron chi connectivity index (χ4n) is 4.58. The first-order chi connectivity index (χ1) is 14.3. The van der Waals surface area contributed by atoms with Crippen LogP contribution < -0.4 is 0 Å². The molecule has 2 aliphatic rings. The van der Waals surface area contributed by atoms with Crippen LogP contribution in [0.3, 0.4) is 0 Å². The minimum atomic E-state index is -1.15. The van der Waals surface area contributed by atoms with Crippen LogP contribution in [0.1, 0.15) is 25.8 Å². The van der Waals surface area contributed by atoms with Gasteiger partial charge in [-0.15, -0.1) is 11.8 Å². The highest BCUT2D eigenvalue weighted by Crippen LogP contribution is 2.56. The topological polar surface area (TPSA) is 95.7 Å². The van der Waals surface area contributed by atoms with Crippen LogP contribution in [0.15, 0.2) is 54.6 Å². The Bertz CT molecular complexity index is 1160. The van der Waals surface area contributed by atoms with Gasteiger partial charge in [0.15, 0.2) is 0 Å². The maximum Gasteiger partial charge on any atom is 0.327 e. The third-order valence-corrected chi connectivity index (χ3v) is 7.51. The third kappa shape index (κ3) is 2.60. The van der Waals surface area contributed by atoms with Crippen LogP contribution in [0.5, 0.6) is 0 Å². The zero-order valence-electron chi connectivity index (χ0n) is 16.5. The van der Waals surface area contributed by atoms with Crippen molar-refractivity contribution in [3.63, 3.8) is 0 Å². The second kappa shape index (κ2) is 6.58. The van der Waals surface area contributed by atoms with Crippen molar-refractivity contribution in [1.82, 2.24) is 14.5 Å². The molecule has 0 spiro atoms. The number of fused-ring (bicyclic) bond motifs is 2. The van der Waals surface area contributed by atoms with Crippen molar-refractivity contribution >= 4 is 34.7 Å². The molecule has 0 saturated carbocycles. The smallest absolute Gasteiger partial charge is 0.327 e. The first-order valence-corrected chi connectivity index (χ1v) is 10.6. The number of aliphatic hydroxyl groups excluding tert-OH is 1. The molecule has 4 atom stereocenters. The summed E-state index contributed by atoms with van der Waals surface area (Å²) in [5.41, 5.74) is 2.40. The van der Waals surface area contributed by atoms with Gasteiger partial charge in [0, 0.05) is 10.4 Å². The lowest BCUT2D eigenvalue weighted by molar-refractivity contribution is -0.169. The molecule has 8 heteroatoms. The number of para-hydroxylation sites is 3. The molecule has 0 bridgehead atoms. The predicted octanol–water partition coefficient (Wildman–Crippen LogP) is 2.82. The number of nitrogens with zero attached hydrogens (tertiary/aromatic N) is 3. The molecular weight excluding hydrogens is 402 g/mol. The Balaban J connectivity index is 1.58. The van der Waals surface area contributed by atoms with Gasteiger partial charge < -0.3 is 15.1 Å². The Morgan fingerprint density at radius 3 is 2.50 bits per heavy atom. The molecule has 0 radical (unpaired) electrons. The molecule has 5 rings (SSSR count). The highest BCUT2D eigenvalue weighted by Gasteiger charge is 2.65. The number of imidazole rings is 1. The number of hydrogen-bond acceptors (Lipinski definition) is 5. The van der Waals surface area contributed by atoms with Crippen molar-refractivity contribution in [3.05, 3.63) is 60.4 Å². The van der Waals surface area contributed by atoms with Gasteiger partial charge in [0.25, 0.3) is 0 Å². The Hall–Kier alpha value is -2.84. The second-order valence-electron chi connectivity index (χ2n) is 8.20. The lowest BCUT2D eigenvalue weighted by Crippen LogP contribution is -2.64. The number of thioether (sulfide) groups is 1. The fourth-order valence-corrected chi connectivity index (χ4v) is 6.30. The van der Waals surface area contributed by atoms with Gasteiger partial charge in [-0.1, -0.05) is 30.3 Å². The van der Waals surface area contributed by atoms with E-state index in [0.29, 0.717) is 5.82 Å². The van der Waals surface area contributed by atoms with Gasteiger partial charge in [0.2, 0.25) is 5.91 Å². The molecule has 3 heterocycles. The quantitative estimate of drug-likeness (QED) is 0.627. The molecule has 2 fully saturated rings. The second-order valence-corrected chi connectivity index (χ2v) is 9.97.